The molecule has 0 saturated heterocycles. The van der Waals surface area contributed by atoms with Gasteiger partial charge in [-0.2, -0.15) is 14.9 Å². The zero-order chi connectivity index (χ0) is 19.8. The van der Waals surface area contributed by atoms with Crippen LogP contribution in [-0.2, 0) is 0 Å². The largest absolute Gasteiger partial charge is 0.245 e. The van der Waals surface area contributed by atoms with Gasteiger partial charge in [0.25, 0.3) is 0 Å². The molecule has 138 valence electrons. The number of nitriles is 1. The summed E-state index contributed by atoms with van der Waals surface area (Å²) in [5.41, 5.74) is 6.74. The molecule has 29 heavy (non-hydrogen) atoms. The molecular formula is C22H14N6S. The smallest absolute Gasteiger partial charge is 0.177 e. The fourth-order valence-electron chi connectivity index (χ4n) is 3.36. The maximum Gasteiger partial charge on any atom is 0.177 e. The Morgan fingerprint density at radius 3 is 2.90 bits per heavy atom. The maximum atomic E-state index is 9.17. The van der Waals surface area contributed by atoms with Gasteiger partial charge in [-0.05, 0) is 42.0 Å². The van der Waals surface area contributed by atoms with Crippen LogP contribution in [0.3, 0.4) is 0 Å². The quantitative estimate of drug-likeness (QED) is 0.417. The summed E-state index contributed by atoms with van der Waals surface area (Å²) in [5, 5.41) is 22.6. The fraction of sp³-hybridized carbons (Fsp3) is 0.0455. The third-order valence-corrected chi connectivity index (χ3v) is 5.59. The summed E-state index contributed by atoms with van der Waals surface area (Å²) in [7, 11) is 0. The molecule has 2 aromatic carbocycles. The Hall–Kier alpha value is -3.89. The molecule has 5 aromatic rings. The summed E-state index contributed by atoms with van der Waals surface area (Å²) in [6.45, 7) is 4.01. The molecule has 0 aliphatic rings. The van der Waals surface area contributed by atoms with E-state index >= 15 is 0 Å². The topological polar surface area (TPSA) is 79.8 Å². The average molecular weight is 394 g/mol. The zero-order valence-electron chi connectivity index (χ0n) is 15.2. The van der Waals surface area contributed by atoms with E-state index in [1.807, 2.05) is 54.1 Å². The Balaban J connectivity index is 1.63. The first-order valence-corrected chi connectivity index (χ1v) is 9.83. The molecule has 0 fully saturated rings. The van der Waals surface area contributed by atoms with Crippen molar-refractivity contribution in [3.8, 4) is 17.3 Å². The number of fused-ring (bicyclic) bond motifs is 2. The lowest BCUT2D eigenvalue weighted by Gasteiger charge is -2.11. The lowest BCUT2D eigenvalue weighted by Crippen LogP contribution is -2.06. The van der Waals surface area contributed by atoms with Crippen molar-refractivity contribution >= 4 is 27.2 Å². The number of benzene rings is 2. The number of allylic oxidation sites excluding steroid dienone is 1. The summed E-state index contributed by atoms with van der Waals surface area (Å²) in [5.74, 6) is 0.529. The molecule has 0 aliphatic heterocycles. The molecule has 3 heterocycles. The molecule has 6 nitrogen and oxygen atoms in total. The Labute approximate surface area is 170 Å². The Morgan fingerprint density at radius 2 is 2.03 bits per heavy atom. The van der Waals surface area contributed by atoms with Crippen LogP contribution in [0.5, 0.6) is 0 Å². The molecule has 0 saturated carbocycles. The minimum absolute atomic E-state index is 0.162. The highest BCUT2D eigenvalue weighted by molar-refractivity contribution is 7.16. The van der Waals surface area contributed by atoms with Crippen LogP contribution in [0.1, 0.15) is 22.9 Å². The molecule has 0 amide bonds. The first-order chi connectivity index (χ1) is 14.3. The number of hydrogen-bond donors (Lipinski definition) is 0. The number of nitrogens with zero attached hydrogens (tertiary/aromatic N) is 6. The van der Waals surface area contributed by atoms with Crippen molar-refractivity contribution in [3.05, 3.63) is 89.7 Å². The lowest BCUT2D eigenvalue weighted by atomic mass is 9.98. The summed E-state index contributed by atoms with van der Waals surface area (Å²) in [4.78, 5) is 4.34. The predicted molar refractivity (Wildman–Crippen MR) is 113 cm³/mol. The van der Waals surface area contributed by atoms with Crippen LogP contribution in [0.15, 0.2) is 72.8 Å². The monoisotopic (exact) mass is 394 g/mol. The molecule has 1 atom stereocenters. The Kier molecular flexibility index (Phi) is 4.12. The Morgan fingerprint density at radius 1 is 1.10 bits per heavy atom. The minimum Gasteiger partial charge on any atom is -0.245 e. The number of aromatic nitrogens is 5. The zero-order valence-corrected chi connectivity index (χ0v) is 16.0. The first-order valence-electron chi connectivity index (χ1n) is 8.95. The van der Waals surface area contributed by atoms with Crippen LogP contribution in [0.4, 0.5) is 0 Å². The van der Waals surface area contributed by atoms with Crippen molar-refractivity contribution in [3.63, 3.8) is 0 Å². The van der Waals surface area contributed by atoms with Gasteiger partial charge < -0.3 is 0 Å². The molecule has 0 radical (unpaired) electrons. The fourth-order valence-corrected chi connectivity index (χ4v) is 4.08. The molecule has 5 rings (SSSR count). The second-order valence-electron chi connectivity index (χ2n) is 6.53. The summed E-state index contributed by atoms with van der Waals surface area (Å²) < 4.78 is 2.86. The van der Waals surface area contributed by atoms with Gasteiger partial charge in [0.15, 0.2) is 11.5 Å². The number of rotatable bonds is 4. The second kappa shape index (κ2) is 6.93. The van der Waals surface area contributed by atoms with E-state index in [1.165, 1.54) is 0 Å². The van der Waals surface area contributed by atoms with E-state index in [1.54, 1.807) is 21.9 Å². The molecule has 0 unspecified atom stereocenters. The Bertz CT molecular complexity index is 1410. The predicted octanol–water partition coefficient (Wildman–Crippen LogP) is 4.59. The summed E-state index contributed by atoms with van der Waals surface area (Å²) >= 11 is 1.60. The van der Waals surface area contributed by atoms with Gasteiger partial charge in [-0.15, -0.1) is 28.1 Å². The van der Waals surface area contributed by atoms with Crippen LogP contribution >= 0.6 is 11.3 Å². The molecule has 0 spiro atoms. The van der Waals surface area contributed by atoms with Crippen molar-refractivity contribution in [2.24, 2.45) is 0 Å². The average Bonchev–Trinajstić information content (AvgIpc) is 3.41. The van der Waals surface area contributed by atoms with Crippen molar-refractivity contribution in [2.45, 2.75) is 5.92 Å². The van der Waals surface area contributed by atoms with E-state index < -0.39 is 0 Å². The van der Waals surface area contributed by atoms with Gasteiger partial charge in [-0.1, -0.05) is 24.3 Å². The molecule has 0 N–H and O–H groups in total. The van der Waals surface area contributed by atoms with Crippen LogP contribution in [-0.4, -0.2) is 24.8 Å². The highest BCUT2D eigenvalue weighted by Crippen LogP contribution is 2.29. The van der Waals surface area contributed by atoms with Crippen LogP contribution in [0.2, 0.25) is 0 Å². The van der Waals surface area contributed by atoms with E-state index in [0.29, 0.717) is 17.0 Å². The highest BCUT2D eigenvalue weighted by atomic mass is 32.1. The van der Waals surface area contributed by atoms with E-state index in [4.69, 9.17) is 5.10 Å². The molecule has 7 heteroatoms. The van der Waals surface area contributed by atoms with Gasteiger partial charge in [0, 0.05) is 5.56 Å². The number of hydrogen-bond acceptors (Lipinski definition) is 6. The van der Waals surface area contributed by atoms with E-state index in [-0.39, 0.29) is 5.92 Å². The van der Waals surface area contributed by atoms with Gasteiger partial charge in [-0.25, -0.2) is 4.98 Å². The standard InChI is InChI=1S/C22H14N6S/c1-2-17(15-6-7-19-20(11-15)29-13-24-19)22-26-25-21-9-8-18(27-28(21)22)16-5-3-4-14(10-16)12-23/h2-11,13,17H,1H2/t17-/m1/s1. The van der Waals surface area contributed by atoms with E-state index in [9.17, 15) is 5.26 Å². The van der Waals surface area contributed by atoms with Crippen molar-refractivity contribution < 1.29 is 0 Å². The van der Waals surface area contributed by atoms with Crippen molar-refractivity contribution in [2.75, 3.05) is 0 Å². The molecule has 3 aromatic heterocycles. The highest BCUT2D eigenvalue weighted by Gasteiger charge is 2.19. The minimum atomic E-state index is -0.162. The maximum absolute atomic E-state index is 9.17. The van der Waals surface area contributed by atoms with Crippen molar-refractivity contribution in [1.29, 1.82) is 5.26 Å². The van der Waals surface area contributed by atoms with E-state index in [2.05, 4.69) is 33.9 Å². The van der Waals surface area contributed by atoms with Gasteiger partial charge >= 0.3 is 0 Å². The molecule has 0 aliphatic carbocycles. The summed E-state index contributed by atoms with van der Waals surface area (Å²) in [6, 6.07) is 19.5. The molecular weight excluding hydrogens is 380 g/mol. The van der Waals surface area contributed by atoms with Gasteiger partial charge in [0.2, 0.25) is 0 Å². The summed E-state index contributed by atoms with van der Waals surface area (Å²) in [6.07, 6.45) is 1.85. The van der Waals surface area contributed by atoms with Gasteiger partial charge in [0.1, 0.15) is 0 Å². The first kappa shape index (κ1) is 17.2. The van der Waals surface area contributed by atoms with Crippen LogP contribution in [0.25, 0.3) is 27.1 Å². The van der Waals surface area contributed by atoms with Gasteiger partial charge in [0.05, 0.1) is 39.0 Å². The number of thiazole rings is 1. The normalized spacial score (nSPS) is 12.1. The van der Waals surface area contributed by atoms with E-state index in [0.717, 1.165) is 27.0 Å². The third-order valence-electron chi connectivity index (χ3n) is 4.80. The second-order valence-corrected chi connectivity index (χ2v) is 7.42. The van der Waals surface area contributed by atoms with Crippen molar-refractivity contribution in [1.82, 2.24) is 24.8 Å². The lowest BCUT2D eigenvalue weighted by molar-refractivity contribution is 0.795. The van der Waals surface area contributed by atoms with Crippen LogP contribution < -0.4 is 0 Å². The van der Waals surface area contributed by atoms with Gasteiger partial charge in [-0.3, -0.25) is 0 Å². The van der Waals surface area contributed by atoms with Crippen LogP contribution in [0, 0.1) is 11.3 Å². The third kappa shape index (κ3) is 2.96. The molecule has 0 bridgehead atoms. The SMILES string of the molecule is C=C[C@H](c1ccc2ncsc2c1)c1nnc2ccc(-c3cccc(C#N)c3)nn12.